The normalized spacial score (nSPS) is 15.0. The van der Waals surface area contributed by atoms with Crippen molar-refractivity contribution in [2.45, 2.75) is 32.1 Å². The van der Waals surface area contributed by atoms with Crippen LogP contribution < -0.4 is 10.6 Å². The summed E-state index contributed by atoms with van der Waals surface area (Å²) >= 11 is 0. The van der Waals surface area contributed by atoms with Crippen LogP contribution in [0.25, 0.3) is 11.1 Å². The fraction of sp³-hybridized carbons (Fsp3) is 0.500. The number of hydrogen-bond donors (Lipinski definition) is 2. The largest absolute Gasteiger partial charge is 0.338 e. The lowest BCUT2D eigenvalue weighted by molar-refractivity contribution is 0.224. The summed E-state index contributed by atoms with van der Waals surface area (Å²) in [6, 6.07) is 7.67. The highest BCUT2D eigenvalue weighted by Gasteiger charge is 2.09. The maximum Gasteiger partial charge on any atom is 0.319 e. The number of unbranched alkanes of at least 4 members (excludes halogenated alkanes) is 1. The Labute approximate surface area is 155 Å². The van der Waals surface area contributed by atoms with Crippen LogP contribution in [0.1, 0.15) is 32.1 Å². The van der Waals surface area contributed by atoms with Gasteiger partial charge in [-0.15, -0.1) is 0 Å². The van der Waals surface area contributed by atoms with E-state index in [1.54, 1.807) is 4.68 Å². The number of piperidine rings is 1. The molecule has 1 aromatic heterocycles. The van der Waals surface area contributed by atoms with Gasteiger partial charge in [0.15, 0.2) is 0 Å². The summed E-state index contributed by atoms with van der Waals surface area (Å²) in [5.41, 5.74) is 2.95. The molecule has 0 atom stereocenters. The van der Waals surface area contributed by atoms with Crippen LogP contribution in [0, 0.1) is 0 Å². The summed E-state index contributed by atoms with van der Waals surface area (Å²) in [6.45, 7) is 4.35. The van der Waals surface area contributed by atoms with Crippen molar-refractivity contribution in [2.24, 2.45) is 7.05 Å². The summed E-state index contributed by atoms with van der Waals surface area (Å²) in [5, 5.41) is 10.00. The summed E-state index contributed by atoms with van der Waals surface area (Å²) in [7, 11) is 1.90. The number of rotatable bonds is 7. The molecular weight excluding hydrogens is 326 g/mol. The Balaban J connectivity index is 1.34. The van der Waals surface area contributed by atoms with Gasteiger partial charge in [0.05, 0.1) is 6.20 Å². The molecule has 2 heterocycles. The first-order valence-electron chi connectivity index (χ1n) is 9.57. The van der Waals surface area contributed by atoms with Gasteiger partial charge in [0.2, 0.25) is 0 Å². The number of nitrogens with zero attached hydrogens (tertiary/aromatic N) is 3. The van der Waals surface area contributed by atoms with E-state index in [2.05, 4.69) is 20.6 Å². The molecule has 0 bridgehead atoms. The number of likely N-dealkylation sites (tertiary alicyclic amines) is 1. The highest BCUT2D eigenvalue weighted by atomic mass is 16.2. The van der Waals surface area contributed by atoms with Crippen molar-refractivity contribution in [1.29, 1.82) is 0 Å². The van der Waals surface area contributed by atoms with Crippen molar-refractivity contribution in [3.63, 3.8) is 0 Å². The Morgan fingerprint density at radius 2 is 1.85 bits per heavy atom. The molecule has 1 aliphatic heterocycles. The quantitative estimate of drug-likeness (QED) is 0.748. The van der Waals surface area contributed by atoms with Crippen LogP contribution in [-0.2, 0) is 7.05 Å². The van der Waals surface area contributed by atoms with Crippen LogP contribution in [0.4, 0.5) is 10.5 Å². The van der Waals surface area contributed by atoms with Crippen molar-refractivity contribution in [2.75, 3.05) is 31.5 Å². The molecule has 6 heteroatoms. The lowest BCUT2D eigenvalue weighted by atomic mass is 10.1. The molecule has 0 unspecified atom stereocenters. The number of aryl methyl sites for hydroxylation is 1. The average molecular weight is 355 g/mol. The number of benzene rings is 1. The molecule has 0 saturated carbocycles. The van der Waals surface area contributed by atoms with E-state index in [1.807, 2.05) is 43.7 Å². The topological polar surface area (TPSA) is 62.2 Å². The molecule has 6 nitrogen and oxygen atoms in total. The fourth-order valence-electron chi connectivity index (χ4n) is 3.34. The van der Waals surface area contributed by atoms with Crippen LogP contribution in [0.2, 0.25) is 0 Å². The molecule has 2 amide bonds. The summed E-state index contributed by atoms with van der Waals surface area (Å²) < 4.78 is 1.78. The Morgan fingerprint density at radius 1 is 1.08 bits per heavy atom. The molecule has 1 fully saturated rings. The van der Waals surface area contributed by atoms with Crippen LogP contribution in [0.15, 0.2) is 36.7 Å². The van der Waals surface area contributed by atoms with Gasteiger partial charge >= 0.3 is 6.03 Å². The van der Waals surface area contributed by atoms with E-state index in [0.717, 1.165) is 36.2 Å². The number of urea groups is 1. The Morgan fingerprint density at radius 3 is 2.54 bits per heavy atom. The van der Waals surface area contributed by atoms with Gasteiger partial charge in [-0.2, -0.15) is 5.10 Å². The van der Waals surface area contributed by atoms with E-state index >= 15 is 0 Å². The number of hydrogen-bond acceptors (Lipinski definition) is 3. The first-order valence-corrected chi connectivity index (χ1v) is 9.57. The van der Waals surface area contributed by atoms with E-state index in [9.17, 15) is 4.79 Å². The first kappa shape index (κ1) is 18.5. The minimum Gasteiger partial charge on any atom is -0.338 e. The molecule has 0 aliphatic carbocycles. The van der Waals surface area contributed by atoms with Crippen LogP contribution in [0.5, 0.6) is 0 Å². The molecule has 1 aromatic carbocycles. The molecule has 0 radical (unpaired) electrons. The van der Waals surface area contributed by atoms with Gasteiger partial charge in [-0.1, -0.05) is 18.6 Å². The van der Waals surface area contributed by atoms with Gasteiger partial charge in [-0.25, -0.2) is 4.79 Å². The van der Waals surface area contributed by atoms with E-state index in [0.29, 0.717) is 6.54 Å². The molecule has 0 spiro atoms. The number of anilines is 1. The third kappa shape index (κ3) is 5.59. The smallest absolute Gasteiger partial charge is 0.319 e. The lowest BCUT2D eigenvalue weighted by Crippen LogP contribution is -2.32. The van der Waals surface area contributed by atoms with Gasteiger partial charge in [-0.05, 0) is 63.0 Å². The third-order valence-corrected chi connectivity index (χ3v) is 4.82. The van der Waals surface area contributed by atoms with Crippen molar-refractivity contribution in [3.05, 3.63) is 36.7 Å². The predicted octanol–water partition coefficient (Wildman–Crippen LogP) is 3.47. The van der Waals surface area contributed by atoms with Gasteiger partial charge in [0.1, 0.15) is 0 Å². The average Bonchev–Trinajstić information content (AvgIpc) is 3.09. The van der Waals surface area contributed by atoms with Crippen LogP contribution in [0.3, 0.4) is 0 Å². The highest BCUT2D eigenvalue weighted by Crippen LogP contribution is 2.20. The standard InChI is InChI=1S/C20H29N5O/c1-24-16-18(15-22-24)17-7-9-19(10-8-17)23-20(26)21-11-3-6-14-25-12-4-2-5-13-25/h7-10,15-16H,2-6,11-14H2,1H3,(H2,21,23,26). The molecule has 1 aliphatic rings. The zero-order chi connectivity index (χ0) is 18.2. The SMILES string of the molecule is Cn1cc(-c2ccc(NC(=O)NCCCCN3CCCCC3)cc2)cn1. The van der Waals surface area contributed by atoms with Crippen LogP contribution >= 0.6 is 0 Å². The monoisotopic (exact) mass is 355 g/mol. The summed E-state index contributed by atoms with van der Waals surface area (Å²) in [4.78, 5) is 14.5. The van der Waals surface area contributed by atoms with Gasteiger partial charge in [-0.3, -0.25) is 4.68 Å². The molecule has 1 saturated heterocycles. The van der Waals surface area contributed by atoms with Crippen molar-refractivity contribution >= 4 is 11.7 Å². The summed E-state index contributed by atoms with van der Waals surface area (Å²) in [5.74, 6) is 0. The molecule has 3 rings (SSSR count). The van der Waals surface area contributed by atoms with E-state index in [-0.39, 0.29) is 6.03 Å². The number of nitrogens with one attached hydrogen (secondary N) is 2. The second-order valence-electron chi connectivity index (χ2n) is 6.97. The van der Waals surface area contributed by atoms with E-state index in [1.165, 1.54) is 32.4 Å². The van der Waals surface area contributed by atoms with Crippen molar-refractivity contribution in [1.82, 2.24) is 20.0 Å². The minimum atomic E-state index is -0.142. The molecule has 2 aromatic rings. The van der Waals surface area contributed by atoms with Gasteiger partial charge in [0.25, 0.3) is 0 Å². The highest BCUT2D eigenvalue weighted by molar-refractivity contribution is 5.89. The molecule has 2 N–H and O–H groups in total. The number of aromatic nitrogens is 2. The van der Waals surface area contributed by atoms with Crippen LogP contribution in [-0.4, -0.2) is 46.9 Å². The van der Waals surface area contributed by atoms with E-state index < -0.39 is 0 Å². The van der Waals surface area contributed by atoms with Gasteiger partial charge in [0, 0.05) is 31.0 Å². The summed E-state index contributed by atoms with van der Waals surface area (Å²) in [6.07, 6.45) is 10.0. The number of carbonyl (C=O) groups excluding carboxylic acids is 1. The maximum absolute atomic E-state index is 12.0. The third-order valence-electron chi connectivity index (χ3n) is 4.82. The second kappa shape index (κ2) is 9.38. The Hall–Kier alpha value is -2.34. The lowest BCUT2D eigenvalue weighted by Gasteiger charge is -2.26. The zero-order valence-corrected chi connectivity index (χ0v) is 15.6. The zero-order valence-electron chi connectivity index (χ0n) is 15.6. The number of amides is 2. The fourth-order valence-corrected chi connectivity index (χ4v) is 3.34. The first-order chi connectivity index (χ1) is 12.7. The molecule has 140 valence electrons. The molecular formula is C20H29N5O. The van der Waals surface area contributed by atoms with Gasteiger partial charge < -0.3 is 15.5 Å². The Kier molecular flexibility index (Phi) is 6.66. The maximum atomic E-state index is 12.0. The minimum absolute atomic E-state index is 0.142. The Bertz CT molecular complexity index is 688. The number of carbonyl (C=O) groups is 1. The predicted molar refractivity (Wildman–Crippen MR) is 105 cm³/mol. The van der Waals surface area contributed by atoms with Crippen molar-refractivity contribution in [3.8, 4) is 11.1 Å². The van der Waals surface area contributed by atoms with Crippen molar-refractivity contribution < 1.29 is 4.79 Å². The molecule has 26 heavy (non-hydrogen) atoms. The second-order valence-corrected chi connectivity index (χ2v) is 6.97. The van der Waals surface area contributed by atoms with E-state index in [4.69, 9.17) is 0 Å².